The zero-order chi connectivity index (χ0) is 28.6. The number of hydrogen-bond acceptors (Lipinski definition) is 6. The van der Waals surface area contributed by atoms with Crippen LogP contribution in [0.4, 0.5) is 0 Å². The maximum Gasteiger partial charge on any atom is 0.335 e. The van der Waals surface area contributed by atoms with Gasteiger partial charge in [0.2, 0.25) is 0 Å². The fourth-order valence-electron chi connectivity index (χ4n) is 6.34. The van der Waals surface area contributed by atoms with Gasteiger partial charge in [0.05, 0.1) is 31.8 Å². The van der Waals surface area contributed by atoms with Crippen molar-refractivity contribution in [2.45, 2.75) is 103 Å². The second-order valence-electron chi connectivity index (χ2n) is 11.9. The Kier molecular flexibility index (Phi) is 15.5. The van der Waals surface area contributed by atoms with Crippen LogP contribution < -0.4 is 0 Å². The molecule has 0 bridgehead atoms. The molecule has 0 spiro atoms. The second kappa shape index (κ2) is 18.2. The Morgan fingerprint density at radius 1 is 0.795 bits per heavy atom. The number of unbranched alkanes of at least 4 members (excludes halogenated alkanes) is 2. The standard InChI is InChI=1S/C32H52O7/c1-5-6-7-8-25-11-15-28(16-12-25)29-17-13-26(14-18-29)9-10-27(22-39-32(36)24(3)20-37-4)21-38-31(35)23(2)19-30(33)34/h25-29H,2-3,5-22H2,1,4H3,(H,33,34). The molecule has 2 saturated carbocycles. The normalized spacial score (nSPS) is 23.9. The predicted molar refractivity (Wildman–Crippen MR) is 152 cm³/mol. The quantitative estimate of drug-likeness (QED) is 0.113. The molecule has 0 aromatic heterocycles. The van der Waals surface area contributed by atoms with E-state index < -0.39 is 24.3 Å². The van der Waals surface area contributed by atoms with Gasteiger partial charge in [-0.3, -0.25) is 4.79 Å². The van der Waals surface area contributed by atoms with Crippen molar-refractivity contribution >= 4 is 17.9 Å². The smallest absolute Gasteiger partial charge is 0.335 e. The number of carbonyl (C=O) groups is 3. The SMILES string of the molecule is C=C(COC)C(=O)OCC(CCC1CCC(C2CCC(CCCCC)CC2)CC1)COC(=O)C(=C)CC(=O)O. The number of esters is 2. The highest BCUT2D eigenvalue weighted by Crippen LogP contribution is 2.43. The molecule has 0 amide bonds. The summed E-state index contributed by atoms with van der Waals surface area (Å²) >= 11 is 0. The largest absolute Gasteiger partial charge is 0.481 e. The lowest BCUT2D eigenvalue weighted by Gasteiger charge is -2.38. The number of hydrogen-bond donors (Lipinski definition) is 1. The van der Waals surface area contributed by atoms with E-state index in [0.29, 0.717) is 5.92 Å². The second-order valence-corrected chi connectivity index (χ2v) is 11.9. The van der Waals surface area contributed by atoms with Gasteiger partial charge < -0.3 is 19.3 Å². The maximum atomic E-state index is 12.2. The van der Waals surface area contributed by atoms with Gasteiger partial charge >= 0.3 is 17.9 Å². The van der Waals surface area contributed by atoms with Crippen LogP contribution in [0.1, 0.15) is 103 Å². The van der Waals surface area contributed by atoms with Gasteiger partial charge in [-0.2, -0.15) is 0 Å². The van der Waals surface area contributed by atoms with Crippen molar-refractivity contribution in [1.29, 1.82) is 0 Å². The summed E-state index contributed by atoms with van der Waals surface area (Å²) in [6.45, 7) is 9.73. The van der Waals surface area contributed by atoms with E-state index in [-0.39, 0.29) is 36.9 Å². The van der Waals surface area contributed by atoms with Crippen molar-refractivity contribution in [3.63, 3.8) is 0 Å². The fraction of sp³-hybridized carbons (Fsp3) is 0.781. The van der Waals surface area contributed by atoms with Gasteiger partial charge in [0.25, 0.3) is 0 Å². The highest BCUT2D eigenvalue weighted by molar-refractivity contribution is 5.92. The van der Waals surface area contributed by atoms with E-state index in [0.717, 1.165) is 30.6 Å². The monoisotopic (exact) mass is 548 g/mol. The highest BCUT2D eigenvalue weighted by Gasteiger charge is 2.31. The number of rotatable bonds is 18. The van der Waals surface area contributed by atoms with Gasteiger partial charge in [-0.1, -0.05) is 71.4 Å². The average molecular weight is 549 g/mol. The molecule has 222 valence electrons. The molecule has 0 aromatic carbocycles. The molecule has 2 rings (SSSR count). The Morgan fingerprint density at radius 3 is 1.79 bits per heavy atom. The number of carboxylic acid groups (broad SMARTS) is 1. The highest BCUT2D eigenvalue weighted by atomic mass is 16.5. The van der Waals surface area contributed by atoms with Crippen LogP contribution in [0.5, 0.6) is 0 Å². The van der Waals surface area contributed by atoms with E-state index in [1.54, 1.807) is 0 Å². The molecule has 7 heteroatoms. The summed E-state index contributed by atoms with van der Waals surface area (Å²) in [6.07, 6.45) is 17.5. The summed E-state index contributed by atoms with van der Waals surface area (Å²) in [7, 11) is 1.49. The third-order valence-electron chi connectivity index (χ3n) is 8.81. The Labute approximate surface area is 235 Å². The van der Waals surface area contributed by atoms with Gasteiger partial charge in [-0.25, -0.2) is 9.59 Å². The molecule has 39 heavy (non-hydrogen) atoms. The molecule has 0 heterocycles. The van der Waals surface area contributed by atoms with Gasteiger partial charge in [-0.15, -0.1) is 0 Å². The van der Waals surface area contributed by atoms with Crippen LogP contribution in [0.2, 0.25) is 0 Å². The zero-order valence-electron chi connectivity index (χ0n) is 24.4. The molecule has 0 radical (unpaired) electrons. The molecular formula is C32H52O7. The summed E-state index contributed by atoms with van der Waals surface area (Å²) in [5, 5.41) is 8.89. The summed E-state index contributed by atoms with van der Waals surface area (Å²) < 4.78 is 15.7. The molecule has 7 nitrogen and oxygen atoms in total. The molecule has 0 aromatic rings. The summed E-state index contributed by atoms with van der Waals surface area (Å²) in [6, 6.07) is 0. The van der Waals surface area contributed by atoms with Crippen LogP contribution >= 0.6 is 0 Å². The van der Waals surface area contributed by atoms with E-state index in [1.165, 1.54) is 84.2 Å². The Morgan fingerprint density at radius 2 is 1.31 bits per heavy atom. The van der Waals surface area contributed by atoms with Gasteiger partial charge in [0.15, 0.2) is 0 Å². The van der Waals surface area contributed by atoms with E-state index in [9.17, 15) is 14.4 Å². The lowest BCUT2D eigenvalue weighted by atomic mass is 9.68. The van der Waals surface area contributed by atoms with Crippen molar-refractivity contribution in [2.24, 2.45) is 29.6 Å². The van der Waals surface area contributed by atoms with Crippen LogP contribution in [-0.4, -0.2) is 49.9 Å². The van der Waals surface area contributed by atoms with Gasteiger partial charge in [0, 0.05) is 18.6 Å². The first-order valence-electron chi connectivity index (χ1n) is 15.1. The first-order valence-corrected chi connectivity index (χ1v) is 15.1. The van der Waals surface area contributed by atoms with Crippen LogP contribution in [0.15, 0.2) is 24.3 Å². The molecule has 1 atom stereocenters. The minimum Gasteiger partial charge on any atom is -0.481 e. The molecule has 1 unspecified atom stereocenters. The molecule has 2 aliphatic rings. The number of ether oxygens (including phenoxy) is 3. The molecule has 2 aliphatic carbocycles. The fourth-order valence-corrected chi connectivity index (χ4v) is 6.34. The Hall–Kier alpha value is -2.15. The predicted octanol–water partition coefficient (Wildman–Crippen LogP) is 6.90. The minimum absolute atomic E-state index is 0.0539. The Balaban J connectivity index is 1.78. The van der Waals surface area contributed by atoms with Crippen molar-refractivity contribution in [2.75, 3.05) is 26.9 Å². The molecular weight excluding hydrogens is 496 g/mol. The third kappa shape index (κ3) is 12.7. The minimum atomic E-state index is -1.13. The molecule has 0 saturated heterocycles. The Bertz CT molecular complexity index is 788. The average Bonchev–Trinajstić information content (AvgIpc) is 2.92. The van der Waals surface area contributed by atoms with Crippen LogP contribution in [0.25, 0.3) is 0 Å². The van der Waals surface area contributed by atoms with Gasteiger partial charge in [-0.05, 0) is 62.2 Å². The summed E-state index contributed by atoms with van der Waals surface area (Å²) in [5.41, 5.74) is 0.136. The van der Waals surface area contributed by atoms with Gasteiger partial charge in [0.1, 0.15) is 0 Å². The molecule has 1 N–H and O–H groups in total. The number of methoxy groups -OCH3 is 1. The summed E-state index contributed by atoms with van der Waals surface area (Å²) in [4.78, 5) is 35.2. The van der Waals surface area contributed by atoms with E-state index in [1.807, 2.05) is 0 Å². The molecule has 2 fully saturated rings. The molecule has 0 aliphatic heterocycles. The topological polar surface area (TPSA) is 99.1 Å². The third-order valence-corrected chi connectivity index (χ3v) is 8.81. The van der Waals surface area contributed by atoms with Crippen molar-refractivity contribution < 1.29 is 33.7 Å². The van der Waals surface area contributed by atoms with Crippen LogP contribution in [0.3, 0.4) is 0 Å². The van der Waals surface area contributed by atoms with Crippen molar-refractivity contribution in [1.82, 2.24) is 0 Å². The van der Waals surface area contributed by atoms with E-state index in [2.05, 4.69) is 20.1 Å². The number of carboxylic acids is 1. The zero-order valence-corrected chi connectivity index (χ0v) is 24.4. The van der Waals surface area contributed by atoms with E-state index >= 15 is 0 Å². The van der Waals surface area contributed by atoms with Crippen molar-refractivity contribution in [3.8, 4) is 0 Å². The maximum absolute atomic E-state index is 12.2. The van der Waals surface area contributed by atoms with Crippen molar-refractivity contribution in [3.05, 3.63) is 24.3 Å². The first kappa shape index (κ1) is 33.1. The number of aliphatic carboxylic acids is 1. The van der Waals surface area contributed by atoms with Crippen LogP contribution in [0, 0.1) is 29.6 Å². The lowest BCUT2D eigenvalue weighted by Crippen LogP contribution is -2.27. The summed E-state index contributed by atoms with van der Waals surface area (Å²) in [5.74, 6) is 0.799. The van der Waals surface area contributed by atoms with E-state index in [4.69, 9.17) is 19.3 Å². The number of carbonyl (C=O) groups excluding carboxylic acids is 2. The first-order chi connectivity index (χ1) is 18.7. The lowest BCUT2D eigenvalue weighted by molar-refractivity contribution is -0.146. The van der Waals surface area contributed by atoms with Crippen LogP contribution in [-0.2, 0) is 28.6 Å².